The molecule has 0 unspecified atom stereocenters. The van der Waals surface area contributed by atoms with E-state index in [1.54, 1.807) is 0 Å². The normalized spacial score (nSPS) is 14.4. The second-order valence-electron chi connectivity index (χ2n) is 6.28. The topological polar surface area (TPSA) is 50.8 Å². The van der Waals surface area contributed by atoms with E-state index in [0.717, 1.165) is 55.2 Å². The van der Waals surface area contributed by atoms with Crippen molar-refractivity contribution in [2.45, 2.75) is 20.4 Å². The summed E-state index contributed by atoms with van der Waals surface area (Å²) in [4.78, 5) is 14.7. The van der Waals surface area contributed by atoms with Crippen molar-refractivity contribution in [1.29, 1.82) is 0 Å². The molecule has 6 heteroatoms. The summed E-state index contributed by atoms with van der Waals surface area (Å²) >= 11 is 0. The molecule has 2 aromatic rings. The number of nitrogens with one attached hydrogen (secondary N) is 1. The summed E-state index contributed by atoms with van der Waals surface area (Å²) in [5.41, 5.74) is 3.83. The number of hydrogen-bond acceptors (Lipinski definition) is 4. The van der Waals surface area contributed by atoms with Gasteiger partial charge in [0, 0.05) is 30.9 Å². The molecule has 1 amide bonds. The number of nitrogens with zero attached hydrogens (tertiary/aromatic N) is 1. The zero-order valence-electron chi connectivity index (χ0n) is 15.2. The average molecular weight is 377 g/mol. The van der Waals surface area contributed by atoms with Gasteiger partial charge in [-0.3, -0.25) is 10.2 Å². The SMILES string of the molecule is Cc1cccc(C)c1NC(=O)Oc1ccccc1CN1CCOCC1.Cl. The van der Waals surface area contributed by atoms with E-state index in [9.17, 15) is 4.79 Å². The van der Waals surface area contributed by atoms with Crippen molar-refractivity contribution in [3.63, 3.8) is 0 Å². The Bertz CT molecular complexity index is 725. The molecule has 0 aromatic heterocycles. The van der Waals surface area contributed by atoms with Crippen LogP contribution in [0.15, 0.2) is 42.5 Å². The van der Waals surface area contributed by atoms with Crippen LogP contribution in [0, 0.1) is 13.8 Å². The quantitative estimate of drug-likeness (QED) is 0.870. The lowest BCUT2D eigenvalue weighted by Gasteiger charge is -2.27. The van der Waals surface area contributed by atoms with E-state index in [1.807, 2.05) is 56.3 Å². The van der Waals surface area contributed by atoms with Crippen LogP contribution in [0.3, 0.4) is 0 Å². The first-order valence-corrected chi connectivity index (χ1v) is 8.56. The molecule has 5 nitrogen and oxygen atoms in total. The number of rotatable bonds is 4. The number of morpholine rings is 1. The predicted octanol–water partition coefficient (Wildman–Crippen LogP) is 4.17. The number of ether oxygens (including phenoxy) is 2. The fourth-order valence-corrected chi connectivity index (χ4v) is 2.97. The molecule has 1 aliphatic rings. The molecule has 1 saturated heterocycles. The molecule has 1 N–H and O–H groups in total. The van der Waals surface area contributed by atoms with E-state index in [-0.39, 0.29) is 12.4 Å². The molecule has 0 aliphatic carbocycles. The minimum absolute atomic E-state index is 0. The Morgan fingerprint density at radius 3 is 2.42 bits per heavy atom. The van der Waals surface area contributed by atoms with Gasteiger partial charge in [0.15, 0.2) is 0 Å². The number of amides is 1. The van der Waals surface area contributed by atoms with Gasteiger partial charge < -0.3 is 9.47 Å². The average Bonchev–Trinajstić information content (AvgIpc) is 2.61. The summed E-state index contributed by atoms with van der Waals surface area (Å²) in [6.45, 7) is 7.96. The molecule has 140 valence electrons. The van der Waals surface area contributed by atoms with Crippen molar-refractivity contribution >= 4 is 24.2 Å². The van der Waals surface area contributed by atoms with Crippen LogP contribution in [0.5, 0.6) is 5.75 Å². The fraction of sp³-hybridized carbons (Fsp3) is 0.350. The Labute approximate surface area is 160 Å². The lowest BCUT2D eigenvalue weighted by Crippen LogP contribution is -2.35. The van der Waals surface area contributed by atoms with Crippen LogP contribution in [-0.4, -0.2) is 37.3 Å². The predicted molar refractivity (Wildman–Crippen MR) is 105 cm³/mol. The Kier molecular flexibility index (Phi) is 7.45. The molecule has 1 fully saturated rings. The Morgan fingerprint density at radius 1 is 1.08 bits per heavy atom. The third-order valence-electron chi connectivity index (χ3n) is 4.38. The zero-order valence-corrected chi connectivity index (χ0v) is 16.0. The summed E-state index contributed by atoms with van der Waals surface area (Å²) in [6, 6.07) is 13.6. The van der Waals surface area contributed by atoms with E-state index in [4.69, 9.17) is 9.47 Å². The van der Waals surface area contributed by atoms with Gasteiger partial charge in [-0.05, 0) is 31.0 Å². The number of benzene rings is 2. The van der Waals surface area contributed by atoms with Gasteiger partial charge in [0.2, 0.25) is 0 Å². The van der Waals surface area contributed by atoms with Crippen molar-refractivity contribution in [3.8, 4) is 5.75 Å². The van der Waals surface area contributed by atoms with Crippen LogP contribution >= 0.6 is 12.4 Å². The summed E-state index contributed by atoms with van der Waals surface area (Å²) < 4.78 is 11.0. The molecule has 1 heterocycles. The first-order chi connectivity index (χ1) is 12.1. The van der Waals surface area contributed by atoms with Gasteiger partial charge in [0.1, 0.15) is 5.75 Å². The van der Waals surface area contributed by atoms with E-state index in [0.29, 0.717) is 5.75 Å². The Balaban J connectivity index is 0.00000243. The molecule has 3 rings (SSSR count). The molecular weight excluding hydrogens is 352 g/mol. The van der Waals surface area contributed by atoms with Crippen molar-refractivity contribution in [2.24, 2.45) is 0 Å². The number of aryl methyl sites for hydroxylation is 2. The van der Waals surface area contributed by atoms with Gasteiger partial charge in [-0.2, -0.15) is 0 Å². The van der Waals surface area contributed by atoms with Gasteiger partial charge in [-0.15, -0.1) is 12.4 Å². The lowest BCUT2D eigenvalue weighted by atomic mass is 10.1. The highest BCUT2D eigenvalue weighted by molar-refractivity contribution is 5.88. The van der Waals surface area contributed by atoms with Crippen LogP contribution in [0.1, 0.15) is 16.7 Å². The highest BCUT2D eigenvalue weighted by Gasteiger charge is 2.15. The second kappa shape index (κ2) is 9.57. The molecule has 0 atom stereocenters. The number of anilines is 1. The maximum absolute atomic E-state index is 12.4. The third kappa shape index (κ3) is 5.21. The highest BCUT2D eigenvalue weighted by Crippen LogP contribution is 2.23. The fourth-order valence-electron chi connectivity index (χ4n) is 2.97. The second-order valence-corrected chi connectivity index (χ2v) is 6.28. The monoisotopic (exact) mass is 376 g/mol. The number of carbonyl (C=O) groups excluding carboxylic acids is 1. The van der Waals surface area contributed by atoms with Crippen molar-refractivity contribution in [1.82, 2.24) is 4.90 Å². The van der Waals surface area contributed by atoms with Gasteiger partial charge in [-0.25, -0.2) is 4.79 Å². The van der Waals surface area contributed by atoms with E-state index < -0.39 is 6.09 Å². The molecule has 0 spiro atoms. The lowest BCUT2D eigenvalue weighted by molar-refractivity contribution is 0.0339. The van der Waals surface area contributed by atoms with E-state index in [2.05, 4.69) is 10.2 Å². The number of halogens is 1. The van der Waals surface area contributed by atoms with Gasteiger partial charge in [0.05, 0.1) is 13.2 Å². The highest BCUT2D eigenvalue weighted by atomic mass is 35.5. The Hall–Kier alpha value is -2.08. The van der Waals surface area contributed by atoms with Gasteiger partial charge >= 0.3 is 6.09 Å². The van der Waals surface area contributed by atoms with Crippen molar-refractivity contribution in [3.05, 3.63) is 59.2 Å². The third-order valence-corrected chi connectivity index (χ3v) is 4.38. The van der Waals surface area contributed by atoms with E-state index >= 15 is 0 Å². The number of hydrogen-bond donors (Lipinski definition) is 1. The van der Waals surface area contributed by atoms with Crippen molar-refractivity contribution in [2.75, 3.05) is 31.6 Å². The van der Waals surface area contributed by atoms with Crippen LogP contribution in [-0.2, 0) is 11.3 Å². The number of para-hydroxylation sites is 2. The smallest absolute Gasteiger partial charge is 0.410 e. The molecule has 0 saturated carbocycles. The van der Waals surface area contributed by atoms with Gasteiger partial charge in [0.25, 0.3) is 0 Å². The summed E-state index contributed by atoms with van der Waals surface area (Å²) in [5, 5.41) is 2.86. The minimum Gasteiger partial charge on any atom is -0.410 e. The molecule has 1 aliphatic heterocycles. The summed E-state index contributed by atoms with van der Waals surface area (Å²) in [5.74, 6) is 0.595. The van der Waals surface area contributed by atoms with Gasteiger partial charge in [-0.1, -0.05) is 36.4 Å². The summed E-state index contributed by atoms with van der Waals surface area (Å²) in [7, 11) is 0. The first kappa shape index (κ1) is 20.2. The van der Waals surface area contributed by atoms with Crippen LogP contribution in [0.2, 0.25) is 0 Å². The largest absolute Gasteiger partial charge is 0.417 e. The summed E-state index contributed by atoms with van der Waals surface area (Å²) in [6.07, 6.45) is -0.466. The van der Waals surface area contributed by atoms with Crippen LogP contribution in [0.4, 0.5) is 10.5 Å². The van der Waals surface area contributed by atoms with Crippen LogP contribution < -0.4 is 10.1 Å². The molecular formula is C20H25ClN2O3. The Morgan fingerprint density at radius 2 is 1.73 bits per heavy atom. The molecule has 0 radical (unpaired) electrons. The first-order valence-electron chi connectivity index (χ1n) is 8.56. The standard InChI is InChI=1S/C20H24N2O3.ClH/c1-15-6-5-7-16(2)19(15)21-20(23)25-18-9-4-3-8-17(18)14-22-10-12-24-13-11-22;/h3-9H,10-14H2,1-2H3,(H,21,23);1H. The van der Waals surface area contributed by atoms with E-state index in [1.165, 1.54) is 0 Å². The maximum atomic E-state index is 12.4. The molecule has 0 bridgehead atoms. The molecule has 26 heavy (non-hydrogen) atoms. The van der Waals surface area contributed by atoms with Crippen molar-refractivity contribution < 1.29 is 14.3 Å². The zero-order chi connectivity index (χ0) is 17.6. The minimum atomic E-state index is -0.466. The number of carbonyl (C=O) groups is 1. The maximum Gasteiger partial charge on any atom is 0.417 e. The van der Waals surface area contributed by atoms with Crippen LogP contribution in [0.25, 0.3) is 0 Å². The molecule has 2 aromatic carbocycles.